The van der Waals surface area contributed by atoms with Gasteiger partial charge in [-0.2, -0.15) is 0 Å². The van der Waals surface area contributed by atoms with Gasteiger partial charge >= 0.3 is 0 Å². The second kappa shape index (κ2) is 6.77. The highest BCUT2D eigenvalue weighted by atomic mass is 14.7. The summed E-state index contributed by atoms with van der Waals surface area (Å²) in [5.41, 5.74) is 6.97. The van der Waals surface area contributed by atoms with Crippen molar-refractivity contribution >= 4 is 6.72 Å². The number of aliphatic imine (C=N–C) groups is 1. The van der Waals surface area contributed by atoms with E-state index < -0.39 is 0 Å². The van der Waals surface area contributed by atoms with Crippen LogP contribution in [0.4, 0.5) is 0 Å². The molecule has 0 radical (unpaired) electrons. The smallest absolute Gasteiger partial charge is 0.0671 e. The summed E-state index contributed by atoms with van der Waals surface area (Å²) in [4.78, 5) is 3.95. The van der Waals surface area contributed by atoms with Gasteiger partial charge in [0.2, 0.25) is 0 Å². The van der Waals surface area contributed by atoms with Gasteiger partial charge in [0.05, 0.1) is 6.04 Å². The van der Waals surface area contributed by atoms with Crippen LogP contribution in [0.15, 0.2) is 17.1 Å². The maximum atomic E-state index is 5.79. The maximum Gasteiger partial charge on any atom is 0.0671 e. The van der Waals surface area contributed by atoms with Crippen LogP contribution in [0.3, 0.4) is 0 Å². The van der Waals surface area contributed by atoms with Gasteiger partial charge in [-0.15, -0.1) is 0 Å². The zero-order chi connectivity index (χ0) is 11.1. The van der Waals surface area contributed by atoms with Gasteiger partial charge in [0.15, 0.2) is 0 Å². The van der Waals surface area contributed by atoms with Gasteiger partial charge in [0, 0.05) is 6.04 Å². The Kier molecular flexibility index (Phi) is 6.46. The fraction of sp³-hybridized carbons (Fsp3) is 0.750. The Balaban J connectivity index is 3.64. The second-order valence-corrected chi connectivity index (χ2v) is 4.25. The lowest BCUT2D eigenvalue weighted by Gasteiger charge is -2.16. The minimum absolute atomic E-state index is 0.195. The lowest BCUT2D eigenvalue weighted by molar-refractivity contribution is 0.435. The molecule has 0 spiro atoms. The molecule has 0 aromatic rings. The molecule has 2 N–H and O–H groups in total. The van der Waals surface area contributed by atoms with E-state index in [2.05, 4.69) is 32.1 Å². The van der Waals surface area contributed by atoms with Crippen LogP contribution >= 0.6 is 0 Å². The van der Waals surface area contributed by atoms with Crippen molar-refractivity contribution in [2.75, 3.05) is 0 Å². The summed E-state index contributed by atoms with van der Waals surface area (Å²) in [5.74, 6) is 0.592. The fourth-order valence-electron chi connectivity index (χ4n) is 1.25. The molecule has 3 unspecified atom stereocenters. The molecule has 0 bridgehead atoms. The molecule has 0 aromatic heterocycles. The number of nitrogens with zero attached hydrogens (tertiary/aromatic N) is 1. The third kappa shape index (κ3) is 5.18. The molecule has 0 aromatic carbocycles. The van der Waals surface area contributed by atoms with Crippen molar-refractivity contribution in [2.24, 2.45) is 16.6 Å². The summed E-state index contributed by atoms with van der Waals surface area (Å²) < 4.78 is 0. The molecule has 14 heavy (non-hydrogen) atoms. The maximum absolute atomic E-state index is 5.79. The highest BCUT2D eigenvalue weighted by molar-refractivity contribution is 5.26. The van der Waals surface area contributed by atoms with Crippen LogP contribution in [-0.4, -0.2) is 18.8 Å². The predicted octanol–water partition coefficient (Wildman–Crippen LogP) is 2.79. The first-order chi connectivity index (χ1) is 6.49. The number of nitrogens with two attached hydrogens (primary N) is 1. The van der Waals surface area contributed by atoms with Crippen molar-refractivity contribution in [1.82, 2.24) is 0 Å². The van der Waals surface area contributed by atoms with Crippen LogP contribution in [0.1, 0.15) is 40.0 Å². The Labute approximate surface area is 88.3 Å². The van der Waals surface area contributed by atoms with Crippen LogP contribution in [0.5, 0.6) is 0 Å². The van der Waals surface area contributed by atoms with Crippen molar-refractivity contribution < 1.29 is 0 Å². The van der Waals surface area contributed by atoms with Crippen molar-refractivity contribution in [3.63, 3.8) is 0 Å². The number of hydrogen-bond acceptors (Lipinski definition) is 2. The van der Waals surface area contributed by atoms with Gasteiger partial charge < -0.3 is 5.73 Å². The van der Waals surface area contributed by atoms with Crippen LogP contribution < -0.4 is 5.73 Å². The molecule has 0 aliphatic heterocycles. The van der Waals surface area contributed by atoms with E-state index in [1.807, 2.05) is 6.92 Å². The largest absolute Gasteiger partial charge is 0.328 e. The Morgan fingerprint density at radius 2 is 1.93 bits per heavy atom. The summed E-state index contributed by atoms with van der Waals surface area (Å²) >= 11 is 0. The SMILES string of the molecule is C=NC(C)C(=C)CCCC(C)C(C)N. The molecule has 3 atom stereocenters. The summed E-state index contributed by atoms with van der Waals surface area (Å²) in [6.45, 7) is 13.8. The lowest BCUT2D eigenvalue weighted by atomic mass is 9.95. The highest BCUT2D eigenvalue weighted by Crippen LogP contribution is 2.16. The third-order valence-corrected chi connectivity index (χ3v) is 2.92. The molecular formula is C12H24N2. The van der Waals surface area contributed by atoms with Crippen LogP contribution in [0.2, 0.25) is 0 Å². The Bertz CT molecular complexity index is 185. The Hall–Kier alpha value is -0.630. The first-order valence-corrected chi connectivity index (χ1v) is 5.38. The van der Waals surface area contributed by atoms with Crippen molar-refractivity contribution in [3.05, 3.63) is 12.2 Å². The molecule has 2 heteroatoms. The first-order valence-electron chi connectivity index (χ1n) is 5.38. The molecule has 82 valence electrons. The monoisotopic (exact) mass is 196 g/mol. The third-order valence-electron chi connectivity index (χ3n) is 2.92. The van der Waals surface area contributed by atoms with E-state index in [0.29, 0.717) is 12.0 Å². The standard InChI is InChI=1S/C12H24N2/c1-9(11(3)13)7-6-8-10(2)12(4)14-5/h9,11-12H,2,5-8,13H2,1,3-4H3. The average molecular weight is 196 g/mol. The van der Waals surface area contributed by atoms with Crippen LogP contribution in [0.25, 0.3) is 0 Å². The van der Waals surface area contributed by atoms with Gasteiger partial charge in [-0.3, -0.25) is 4.99 Å². The van der Waals surface area contributed by atoms with Gasteiger partial charge in [-0.1, -0.05) is 19.1 Å². The summed E-state index contributed by atoms with van der Waals surface area (Å²) in [6, 6.07) is 0.485. The van der Waals surface area contributed by atoms with Gasteiger partial charge in [0.1, 0.15) is 0 Å². The first kappa shape index (κ1) is 13.4. The number of hydrogen-bond donors (Lipinski definition) is 1. The van der Waals surface area contributed by atoms with E-state index in [4.69, 9.17) is 5.73 Å². The second-order valence-electron chi connectivity index (χ2n) is 4.25. The normalized spacial score (nSPS) is 17.1. The molecule has 0 aliphatic rings. The quantitative estimate of drug-likeness (QED) is 0.493. The van der Waals surface area contributed by atoms with Gasteiger partial charge in [-0.25, -0.2) is 0 Å². The van der Waals surface area contributed by atoms with Crippen LogP contribution in [0, 0.1) is 5.92 Å². The van der Waals surface area contributed by atoms with E-state index >= 15 is 0 Å². The Morgan fingerprint density at radius 3 is 2.36 bits per heavy atom. The zero-order valence-corrected chi connectivity index (χ0v) is 9.79. The average Bonchev–Trinajstić information content (AvgIpc) is 2.15. The van der Waals surface area contributed by atoms with E-state index in [9.17, 15) is 0 Å². The van der Waals surface area contributed by atoms with Crippen molar-refractivity contribution in [2.45, 2.75) is 52.1 Å². The van der Waals surface area contributed by atoms with Crippen LogP contribution in [-0.2, 0) is 0 Å². The van der Waals surface area contributed by atoms with E-state index in [1.54, 1.807) is 0 Å². The minimum Gasteiger partial charge on any atom is -0.328 e. The minimum atomic E-state index is 0.195. The zero-order valence-electron chi connectivity index (χ0n) is 9.79. The lowest BCUT2D eigenvalue weighted by Crippen LogP contribution is -2.24. The van der Waals surface area contributed by atoms with Gasteiger partial charge in [0.25, 0.3) is 0 Å². The number of rotatable bonds is 7. The summed E-state index contributed by atoms with van der Waals surface area (Å²) in [7, 11) is 0. The van der Waals surface area contributed by atoms with E-state index in [0.717, 1.165) is 12.8 Å². The molecule has 0 saturated carbocycles. The molecular weight excluding hydrogens is 172 g/mol. The van der Waals surface area contributed by atoms with Crippen molar-refractivity contribution in [3.8, 4) is 0 Å². The Morgan fingerprint density at radius 1 is 1.36 bits per heavy atom. The van der Waals surface area contributed by atoms with Crippen molar-refractivity contribution in [1.29, 1.82) is 0 Å². The predicted molar refractivity (Wildman–Crippen MR) is 64.8 cm³/mol. The topological polar surface area (TPSA) is 38.4 Å². The molecule has 2 nitrogen and oxygen atoms in total. The van der Waals surface area contributed by atoms with E-state index in [-0.39, 0.29) is 6.04 Å². The molecule has 0 heterocycles. The van der Waals surface area contributed by atoms with E-state index in [1.165, 1.54) is 12.0 Å². The molecule has 0 amide bonds. The highest BCUT2D eigenvalue weighted by Gasteiger charge is 2.08. The molecule has 0 aliphatic carbocycles. The summed E-state index contributed by atoms with van der Waals surface area (Å²) in [6.07, 6.45) is 3.36. The van der Waals surface area contributed by atoms with Gasteiger partial charge in [-0.05, 0) is 45.7 Å². The molecule has 0 rings (SSSR count). The molecule has 0 fully saturated rings. The fourth-order valence-corrected chi connectivity index (χ4v) is 1.25. The summed E-state index contributed by atoms with van der Waals surface area (Å²) in [5, 5.41) is 0. The molecule has 0 saturated heterocycles.